The Morgan fingerprint density at radius 2 is 2.12 bits per heavy atom. The minimum absolute atomic E-state index is 0.189. The van der Waals surface area contributed by atoms with Crippen molar-refractivity contribution in [2.45, 2.75) is 45.3 Å². The Labute approximate surface area is 140 Å². The fraction of sp³-hybridized carbons (Fsp3) is 0.625. The van der Waals surface area contributed by atoms with Crippen LogP contribution in [0.4, 0.5) is 15.4 Å². The molecule has 8 heteroatoms. The van der Waals surface area contributed by atoms with E-state index in [4.69, 9.17) is 9.47 Å². The summed E-state index contributed by atoms with van der Waals surface area (Å²) < 4.78 is 10.4. The Morgan fingerprint density at radius 1 is 1.33 bits per heavy atom. The van der Waals surface area contributed by atoms with Gasteiger partial charge in [-0.1, -0.05) is 0 Å². The predicted octanol–water partition coefficient (Wildman–Crippen LogP) is 2.51. The summed E-state index contributed by atoms with van der Waals surface area (Å²) in [7, 11) is 0. The molecule has 1 aromatic rings. The fourth-order valence-corrected chi connectivity index (χ4v) is 2.88. The lowest BCUT2D eigenvalue weighted by Crippen LogP contribution is -2.36. The predicted molar refractivity (Wildman–Crippen MR) is 85.6 cm³/mol. The molecule has 8 nitrogen and oxygen atoms in total. The Bertz CT molecular complexity index is 643. The first-order valence-corrected chi connectivity index (χ1v) is 8.11. The van der Waals surface area contributed by atoms with Gasteiger partial charge in [-0.25, -0.2) is 14.6 Å². The topological polar surface area (TPSA) is 84.9 Å². The van der Waals surface area contributed by atoms with Crippen LogP contribution in [0.2, 0.25) is 0 Å². The highest BCUT2D eigenvalue weighted by molar-refractivity contribution is 5.87. The molecule has 3 rings (SSSR count). The molecule has 2 fully saturated rings. The van der Waals surface area contributed by atoms with E-state index >= 15 is 0 Å². The molecule has 0 N–H and O–H groups in total. The van der Waals surface area contributed by atoms with Crippen molar-refractivity contribution in [3.63, 3.8) is 0 Å². The van der Waals surface area contributed by atoms with Crippen molar-refractivity contribution in [2.75, 3.05) is 24.6 Å². The number of nitrogens with zero attached hydrogens (tertiary/aromatic N) is 4. The number of aromatic nitrogens is 2. The molecule has 2 saturated heterocycles. The van der Waals surface area contributed by atoms with E-state index in [0.29, 0.717) is 31.2 Å². The highest BCUT2D eigenvalue weighted by atomic mass is 16.6. The van der Waals surface area contributed by atoms with Gasteiger partial charge in [0.25, 0.3) is 0 Å². The number of hydrogen-bond acceptors (Lipinski definition) is 6. The van der Waals surface area contributed by atoms with E-state index < -0.39 is 11.7 Å². The number of rotatable bonds is 2. The quantitative estimate of drug-likeness (QED) is 0.826. The zero-order chi connectivity index (χ0) is 17.3. The van der Waals surface area contributed by atoms with E-state index in [1.54, 1.807) is 11.1 Å². The summed E-state index contributed by atoms with van der Waals surface area (Å²) in [5.74, 6) is 0.450. The van der Waals surface area contributed by atoms with Gasteiger partial charge in [-0.15, -0.1) is 0 Å². The molecular formula is C16H22N4O4. The van der Waals surface area contributed by atoms with Crippen LogP contribution in [0.5, 0.6) is 0 Å². The third-order valence-corrected chi connectivity index (χ3v) is 3.90. The molecule has 1 atom stereocenters. The van der Waals surface area contributed by atoms with Crippen LogP contribution < -0.4 is 4.90 Å². The maximum absolute atomic E-state index is 12.4. The summed E-state index contributed by atoms with van der Waals surface area (Å²) in [6.07, 6.45) is 4.07. The van der Waals surface area contributed by atoms with Gasteiger partial charge in [0.05, 0.1) is 30.7 Å². The van der Waals surface area contributed by atoms with Gasteiger partial charge in [-0.2, -0.15) is 0 Å². The summed E-state index contributed by atoms with van der Waals surface area (Å²) in [6.45, 7) is 6.95. The lowest BCUT2D eigenvalue weighted by atomic mass is 10.1. The van der Waals surface area contributed by atoms with Crippen LogP contribution in [-0.4, -0.2) is 52.4 Å². The van der Waals surface area contributed by atoms with Gasteiger partial charge < -0.3 is 9.47 Å². The number of ether oxygens (including phenoxy) is 2. The normalized spacial score (nSPS) is 21.1. The number of amides is 2. The first kappa shape index (κ1) is 16.5. The van der Waals surface area contributed by atoms with E-state index in [9.17, 15) is 9.59 Å². The molecule has 2 aliphatic rings. The lowest BCUT2D eigenvalue weighted by molar-refractivity contribution is 0.0221. The molecule has 0 aliphatic carbocycles. The van der Waals surface area contributed by atoms with Gasteiger partial charge in [0.15, 0.2) is 5.82 Å². The van der Waals surface area contributed by atoms with Gasteiger partial charge in [-0.05, 0) is 33.6 Å². The molecule has 0 unspecified atom stereocenters. The summed E-state index contributed by atoms with van der Waals surface area (Å²) in [4.78, 5) is 35.9. The van der Waals surface area contributed by atoms with Crippen LogP contribution in [0.1, 0.15) is 45.3 Å². The van der Waals surface area contributed by atoms with Crippen molar-refractivity contribution >= 4 is 18.0 Å². The van der Waals surface area contributed by atoms with Crippen LogP contribution in [0.25, 0.3) is 0 Å². The second-order valence-corrected chi connectivity index (χ2v) is 6.90. The van der Waals surface area contributed by atoms with Crippen LogP contribution >= 0.6 is 0 Å². The van der Waals surface area contributed by atoms with Crippen molar-refractivity contribution < 1.29 is 19.1 Å². The number of hydrogen-bond donors (Lipinski definition) is 0. The number of carbonyl (C=O) groups is 2. The smallest absolute Gasteiger partial charge is 0.415 e. The van der Waals surface area contributed by atoms with E-state index in [0.717, 1.165) is 12.8 Å². The summed E-state index contributed by atoms with van der Waals surface area (Å²) >= 11 is 0. The van der Waals surface area contributed by atoms with E-state index in [1.807, 2.05) is 20.8 Å². The third-order valence-electron chi connectivity index (χ3n) is 3.90. The Hall–Kier alpha value is -2.38. The molecule has 0 spiro atoms. The molecule has 3 heterocycles. The molecule has 0 aromatic carbocycles. The van der Waals surface area contributed by atoms with Gasteiger partial charge in [0.1, 0.15) is 12.2 Å². The molecule has 24 heavy (non-hydrogen) atoms. The molecule has 0 saturated carbocycles. The highest BCUT2D eigenvalue weighted by Crippen LogP contribution is 2.32. The Morgan fingerprint density at radius 3 is 2.79 bits per heavy atom. The maximum Gasteiger partial charge on any atom is 0.415 e. The second kappa shape index (κ2) is 6.26. The van der Waals surface area contributed by atoms with E-state index in [1.165, 1.54) is 11.1 Å². The van der Waals surface area contributed by atoms with Crippen molar-refractivity contribution in [3.05, 3.63) is 18.1 Å². The molecule has 2 aliphatic heterocycles. The van der Waals surface area contributed by atoms with E-state index in [-0.39, 0.29) is 12.1 Å². The molecule has 130 valence electrons. The number of carbonyl (C=O) groups excluding carboxylic acids is 2. The highest BCUT2D eigenvalue weighted by Gasteiger charge is 2.35. The second-order valence-electron chi connectivity index (χ2n) is 6.90. The largest absolute Gasteiger partial charge is 0.447 e. The van der Waals surface area contributed by atoms with Crippen LogP contribution in [-0.2, 0) is 9.47 Å². The van der Waals surface area contributed by atoms with Crippen LogP contribution in [0.15, 0.2) is 12.4 Å². The van der Waals surface area contributed by atoms with Gasteiger partial charge in [0, 0.05) is 6.54 Å². The number of cyclic esters (lactones) is 1. The molecular weight excluding hydrogens is 312 g/mol. The van der Waals surface area contributed by atoms with Crippen LogP contribution in [0.3, 0.4) is 0 Å². The number of likely N-dealkylation sites (tertiary alicyclic amines) is 1. The van der Waals surface area contributed by atoms with Crippen molar-refractivity contribution in [1.82, 2.24) is 14.9 Å². The summed E-state index contributed by atoms with van der Waals surface area (Å²) in [6, 6.07) is -0.189. The Kier molecular flexibility index (Phi) is 4.29. The fourth-order valence-electron chi connectivity index (χ4n) is 2.88. The van der Waals surface area contributed by atoms with Gasteiger partial charge in [-0.3, -0.25) is 14.8 Å². The Balaban J connectivity index is 1.80. The van der Waals surface area contributed by atoms with Gasteiger partial charge in [0.2, 0.25) is 0 Å². The van der Waals surface area contributed by atoms with E-state index in [2.05, 4.69) is 9.97 Å². The summed E-state index contributed by atoms with van der Waals surface area (Å²) in [5, 5.41) is 0. The lowest BCUT2D eigenvalue weighted by Gasteiger charge is -2.28. The maximum atomic E-state index is 12.4. The zero-order valence-electron chi connectivity index (χ0n) is 14.2. The number of anilines is 1. The first-order chi connectivity index (χ1) is 11.3. The summed E-state index contributed by atoms with van der Waals surface area (Å²) in [5.41, 5.74) is 0.118. The van der Waals surface area contributed by atoms with Crippen LogP contribution in [0, 0.1) is 0 Å². The average Bonchev–Trinajstić information content (AvgIpc) is 3.14. The molecule has 0 bridgehead atoms. The minimum atomic E-state index is -0.545. The molecule has 0 radical (unpaired) electrons. The average molecular weight is 334 g/mol. The van der Waals surface area contributed by atoms with Crippen molar-refractivity contribution in [2.24, 2.45) is 0 Å². The van der Waals surface area contributed by atoms with Gasteiger partial charge >= 0.3 is 12.2 Å². The third kappa shape index (κ3) is 3.42. The monoisotopic (exact) mass is 334 g/mol. The SMILES string of the molecule is CC(C)(C)OC(=O)N1CCC[C@@H]1c1cncc(N2CCOC2=O)n1. The minimum Gasteiger partial charge on any atom is -0.447 e. The molecule has 1 aromatic heterocycles. The zero-order valence-corrected chi connectivity index (χ0v) is 14.2. The standard InChI is InChI=1S/C16H22N4O4/c1-16(2,3)24-15(22)19-6-4-5-12(19)11-9-17-10-13(18-11)20-7-8-23-14(20)21/h9-10,12H,4-8H2,1-3H3/t12-/m1/s1. The molecule has 2 amide bonds. The van der Waals surface area contributed by atoms with Crippen molar-refractivity contribution in [3.8, 4) is 0 Å². The van der Waals surface area contributed by atoms with Crippen molar-refractivity contribution in [1.29, 1.82) is 0 Å². The first-order valence-electron chi connectivity index (χ1n) is 8.11.